The fourth-order valence-corrected chi connectivity index (χ4v) is 4.79. The number of pyridine rings is 1. The normalized spacial score (nSPS) is 37.1. The predicted molar refractivity (Wildman–Crippen MR) is 88.7 cm³/mol. The van der Waals surface area contributed by atoms with Crippen LogP contribution in [0.2, 0.25) is 0 Å². The number of ether oxygens (including phenoxy) is 1. The van der Waals surface area contributed by atoms with Gasteiger partial charge in [0.2, 0.25) is 11.8 Å². The van der Waals surface area contributed by atoms with E-state index in [9.17, 15) is 14.4 Å². The SMILES string of the molecule is CC12CC(=O)C(C)(O1)[C@@H]1C(=O)N(c3cnc(C#N)c(I)c3)C(=O)[C@@H]12. The minimum atomic E-state index is -1.24. The number of fused-ring (bicyclic) bond motifs is 5. The fraction of sp³-hybridized carbons (Fsp3) is 0.438. The molecule has 3 aliphatic rings. The lowest BCUT2D eigenvalue weighted by molar-refractivity contribution is -0.139. The Hall–Kier alpha value is -1.86. The molecule has 0 radical (unpaired) electrons. The standard InChI is InChI=1S/C16H12IN3O4/c1-15-4-10(21)16(2,24-15)12-11(15)13(22)20(14(12)23)7-3-8(17)9(5-18)19-6-7/h3,6,11-12H,4H2,1-2H3/t11-,12+,15?,16?/m1/s1. The van der Waals surface area contributed by atoms with E-state index in [-0.39, 0.29) is 23.8 Å². The van der Waals surface area contributed by atoms with Crippen LogP contribution in [-0.4, -0.2) is 33.8 Å². The predicted octanol–water partition coefficient (Wildman–Crippen LogP) is 1.18. The fourth-order valence-electron chi connectivity index (χ4n) is 4.21. The Balaban J connectivity index is 1.81. The van der Waals surface area contributed by atoms with Gasteiger partial charge in [-0.1, -0.05) is 0 Å². The molecule has 2 amide bonds. The van der Waals surface area contributed by atoms with Crippen molar-refractivity contribution in [3.8, 4) is 6.07 Å². The maximum absolute atomic E-state index is 12.9. The molecular weight excluding hydrogens is 425 g/mol. The number of halogens is 1. The third-order valence-corrected chi connectivity index (χ3v) is 6.08. The van der Waals surface area contributed by atoms with Crippen molar-refractivity contribution in [1.29, 1.82) is 5.26 Å². The number of nitriles is 1. The highest BCUT2D eigenvalue weighted by molar-refractivity contribution is 14.1. The van der Waals surface area contributed by atoms with Gasteiger partial charge in [0.15, 0.2) is 11.5 Å². The Kier molecular flexibility index (Phi) is 3.01. The zero-order valence-corrected chi connectivity index (χ0v) is 15.0. The number of rotatable bonds is 1. The summed E-state index contributed by atoms with van der Waals surface area (Å²) in [4.78, 5) is 43.2. The molecule has 8 heteroatoms. The number of ketones is 1. The van der Waals surface area contributed by atoms with E-state index in [1.54, 1.807) is 19.9 Å². The minimum absolute atomic E-state index is 0.137. The second-order valence-electron chi connectivity index (χ2n) is 6.72. The number of Topliss-reactive ketones (excluding diaryl/α,β-unsaturated/α-hetero) is 1. The third-order valence-electron chi connectivity index (χ3n) is 5.26. The average Bonchev–Trinajstić information content (AvgIpc) is 3.01. The highest BCUT2D eigenvalue weighted by Crippen LogP contribution is 2.59. The van der Waals surface area contributed by atoms with Gasteiger partial charge in [-0.3, -0.25) is 14.4 Å². The van der Waals surface area contributed by atoms with E-state index >= 15 is 0 Å². The molecule has 4 rings (SSSR count). The van der Waals surface area contributed by atoms with Crippen LogP contribution >= 0.6 is 22.6 Å². The monoisotopic (exact) mass is 437 g/mol. The summed E-state index contributed by atoms with van der Waals surface area (Å²) in [5.41, 5.74) is -1.63. The molecule has 4 heterocycles. The van der Waals surface area contributed by atoms with Crippen LogP contribution in [0.15, 0.2) is 12.3 Å². The molecule has 24 heavy (non-hydrogen) atoms. The Labute approximate surface area is 151 Å². The van der Waals surface area contributed by atoms with Gasteiger partial charge in [0.05, 0.1) is 32.9 Å². The lowest BCUT2D eigenvalue weighted by Gasteiger charge is -2.26. The van der Waals surface area contributed by atoms with E-state index < -0.39 is 28.9 Å². The summed E-state index contributed by atoms with van der Waals surface area (Å²) in [5.74, 6) is -2.41. The number of aromatic nitrogens is 1. The molecular formula is C16H12IN3O4. The summed E-state index contributed by atoms with van der Waals surface area (Å²) >= 11 is 1.94. The van der Waals surface area contributed by atoms with Crippen molar-refractivity contribution in [2.24, 2.45) is 11.8 Å². The molecule has 0 N–H and O–H groups in total. The first-order chi connectivity index (χ1) is 11.2. The van der Waals surface area contributed by atoms with E-state index in [2.05, 4.69) is 4.98 Å². The van der Waals surface area contributed by atoms with Crippen LogP contribution in [0.4, 0.5) is 5.69 Å². The Morgan fingerprint density at radius 1 is 1.33 bits per heavy atom. The van der Waals surface area contributed by atoms with Crippen molar-refractivity contribution in [1.82, 2.24) is 4.98 Å². The van der Waals surface area contributed by atoms with Crippen molar-refractivity contribution in [2.75, 3.05) is 4.90 Å². The average molecular weight is 437 g/mol. The molecule has 1 aromatic rings. The van der Waals surface area contributed by atoms with Gasteiger partial charge in [-0.2, -0.15) is 5.26 Å². The summed E-state index contributed by atoms with van der Waals surface area (Å²) in [5, 5.41) is 8.97. The van der Waals surface area contributed by atoms with Crippen molar-refractivity contribution in [3.63, 3.8) is 0 Å². The van der Waals surface area contributed by atoms with Crippen molar-refractivity contribution < 1.29 is 19.1 Å². The zero-order chi connectivity index (χ0) is 17.4. The van der Waals surface area contributed by atoms with Crippen LogP contribution in [0.25, 0.3) is 0 Å². The molecule has 3 fully saturated rings. The number of hydrogen-bond donors (Lipinski definition) is 0. The van der Waals surface area contributed by atoms with E-state index in [0.29, 0.717) is 9.26 Å². The molecule has 0 aliphatic carbocycles. The number of anilines is 1. The number of amides is 2. The number of nitrogens with zero attached hydrogens (tertiary/aromatic N) is 3. The van der Waals surface area contributed by atoms with Crippen LogP contribution < -0.4 is 4.90 Å². The Morgan fingerprint density at radius 2 is 2.00 bits per heavy atom. The van der Waals surface area contributed by atoms with Gasteiger partial charge < -0.3 is 4.74 Å². The van der Waals surface area contributed by atoms with E-state index in [1.807, 2.05) is 28.7 Å². The minimum Gasteiger partial charge on any atom is -0.359 e. The summed E-state index contributed by atoms with van der Waals surface area (Å²) in [7, 11) is 0. The van der Waals surface area contributed by atoms with Crippen molar-refractivity contribution in [2.45, 2.75) is 31.5 Å². The molecule has 4 atom stereocenters. The van der Waals surface area contributed by atoms with Crippen LogP contribution in [-0.2, 0) is 19.1 Å². The molecule has 0 saturated carbocycles. The number of hydrogen-bond acceptors (Lipinski definition) is 6. The summed E-state index contributed by atoms with van der Waals surface area (Å²) in [6, 6.07) is 3.53. The van der Waals surface area contributed by atoms with Crippen LogP contribution in [0.1, 0.15) is 26.0 Å². The van der Waals surface area contributed by atoms with Crippen LogP contribution in [0.3, 0.4) is 0 Å². The zero-order valence-electron chi connectivity index (χ0n) is 12.9. The van der Waals surface area contributed by atoms with Crippen molar-refractivity contribution in [3.05, 3.63) is 21.5 Å². The van der Waals surface area contributed by atoms with Gasteiger partial charge in [-0.25, -0.2) is 9.88 Å². The Bertz CT molecular complexity index is 879. The first-order valence-corrected chi connectivity index (χ1v) is 8.48. The maximum Gasteiger partial charge on any atom is 0.241 e. The maximum atomic E-state index is 12.9. The smallest absolute Gasteiger partial charge is 0.241 e. The number of carbonyl (C=O) groups excluding carboxylic acids is 3. The van der Waals surface area contributed by atoms with Gasteiger partial charge in [-0.15, -0.1) is 0 Å². The molecule has 0 spiro atoms. The molecule has 7 nitrogen and oxygen atoms in total. The second kappa shape index (κ2) is 4.61. The van der Waals surface area contributed by atoms with E-state index in [4.69, 9.17) is 10.00 Å². The van der Waals surface area contributed by atoms with E-state index in [1.165, 1.54) is 6.20 Å². The van der Waals surface area contributed by atoms with Gasteiger partial charge in [-0.05, 0) is 42.5 Å². The molecule has 2 bridgehead atoms. The third kappa shape index (κ3) is 1.69. The van der Waals surface area contributed by atoms with Gasteiger partial charge in [0, 0.05) is 6.42 Å². The van der Waals surface area contributed by atoms with Crippen molar-refractivity contribution >= 4 is 45.9 Å². The summed E-state index contributed by atoms with van der Waals surface area (Å²) < 4.78 is 6.39. The molecule has 3 saturated heterocycles. The highest BCUT2D eigenvalue weighted by Gasteiger charge is 2.76. The van der Waals surface area contributed by atoms with Gasteiger partial charge >= 0.3 is 0 Å². The number of imide groups is 1. The first-order valence-electron chi connectivity index (χ1n) is 7.40. The second-order valence-corrected chi connectivity index (χ2v) is 7.89. The molecule has 3 aliphatic heterocycles. The first kappa shape index (κ1) is 15.7. The van der Waals surface area contributed by atoms with Crippen LogP contribution in [0.5, 0.6) is 0 Å². The topological polar surface area (TPSA) is 100 Å². The van der Waals surface area contributed by atoms with E-state index in [0.717, 1.165) is 4.90 Å². The summed E-state index contributed by atoms with van der Waals surface area (Å²) in [6.45, 7) is 3.32. The molecule has 122 valence electrons. The molecule has 0 aromatic carbocycles. The van der Waals surface area contributed by atoms with Gasteiger partial charge in [0.25, 0.3) is 0 Å². The number of carbonyl (C=O) groups is 3. The molecule has 1 aromatic heterocycles. The van der Waals surface area contributed by atoms with Gasteiger partial charge in [0.1, 0.15) is 11.7 Å². The lowest BCUT2D eigenvalue weighted by Crippen LogP contribution is -2.46. The van der Waals surface area contributed by atoms with Crippen LogP contribution in [0, 0.1) is 26.7 Å². The lowest BCUT2D eigenvalue weighted by atomic mass is 9.68. The Morgan fingerprint density at radius 3 is 2.62 bits per heavy atom. The quantitative estimate of drug-likeness (QED) is 0.484. The largest absolute Gasteiger partial charge is 0.359 e. The highest BCUT2D eigenvalue weighted by atomic mass is 127. The molecule has 2 unspecified atom stereocenters. The summed E-state index contributed by atoms with van der Waals surface area (Å²) in [6.07, 6.45) is 1.48.